The molecule has 1 aliphatic rings. The lowest BCUT2D eigenvalue weighted by molar-refractivity contribution is 0.924. The van der Waals surface area contributed by atoms with Crippen LogP contribution in [0.25, 0.3) is 39.5 Å². The van der Waals surface area contributed by atoms with Crippen LogP contribution in [-0.4, -0.2) is 0 Å². The van der Waals surface area contributed by atoms with E-state index in [1.165, 1.54) is 50.1 Å². The summed E-state index contributed by atoms with van der Waals surface area (Å²) in [6.07, 6.45) is 7.05. The Morgan fingerprint density at radius 1 is 0.567 bits per heavy atom. The Labute approximate surface area is 179 Å². The normalized spacial score (nSPS) is 12.5. The largest absolute Gasteiger partial charge is 0.0651 e. The fraction of sp³-hybridized carbons (Fsp3) is 0.100. The van der Waals surface area contributed by atoms with Crippen molar-refractivity contribution in [1.29, 1.82) is 0 Å². The molecule has 0 aromatic heterocycles. The van der Waals surface area contributed by atoms with Gasteiger partial charge in [-0.15, -0.1) is 0 Å². The molecule has 0 aliphatic heterocycles. The van der Waals surface area contributed by atoms with Gasteiger partial charge in [-0.1, -0.05) is 122 Å². The molecular formula is C30H25. The van der Waals surface area contributed by atoms with Crippen LogP contribution in [0.5, 0.6) is 0 Å². The van der Waals surface area contributed by atoms with E-state index in [0.717, 1.165) is 12.8 Å². The minimum absolute atomic E-state index is 1.12. The molecule has 0 fully saturated rings. The lowest BCUT2D eigenvalue weighted by Crippen LogP contribution is -1.94. The summed E-state index contributed by atoms with van der Waals surface area (Å²) in [6, 6.07) is 34.9. The average molecular weight is 386 g/mol. The first kappa shape index (κ1) is 18.6. The summed E-state index contributed by atoms with van der Waals surface area (Å²) < 4.78 is 0. The average Bonchev–Trinajstić information content (AvgIpc) is 3.22. The Kier molecular flexibility index (Phi) is 5.07. The van der Waals surface area contributed by atoms with Gasteiger partial charge >= 0.3 is 0 Å². The summed E-state index contributed by atoms with van der Waals surface area (Å²) >= 11 is 0. The van der Waals surface area contributed by atoms with Crippen molar-refractivity contribution >= 4 is 6.08 Å². The van der Waals surface area contributed by atoms with E-state index in [4.69, 9.17) is 0 Å². The van der Waals surface area contributed by atoms with E-state index >= 15 is 0 Å². The molecule has 0 amide bonds. The molecule has 4 aromatic rings. The van der Waals surface area contributed by atoms with Gasteiger partial charge in [0.2, 0.25) is 0 Å². The minimum Gasteiger partial charge on any atom is -0.0651 e. The zero-order valence-electron chi connectivity index (χ0n) is 17.3. The van der Waals surface area contributed by atoms with Crippen LogP contribution in [0.3, 0.4) is 0 Å². The van der Waals surface area contributed by atoms with E-state index in [9.17, 15) is 0 Å². The summed E-state index contributed by atoms with van der Waals surface area (Å²) in [6.45, 7) is 2.25. The Morgan fingerprint density at radius 2 is 1.17 bits per heavy atom. The molecule has 1 aliphatic carbocycles. The van der Waals surface area contributed by atoms with Crippen molar-refractivity contribution in [2.75, 3.05) is 0 Å². The van der Waals surface area contributed by atoms with Crippen LogP contribution in [0.2, 0.25) is 0 Å². The predicted molar refractivity (Wildman–Crippen MR) is 129 cm³/mol. The zero-order chi connectivity index (χ0) is 20.3. The van der Waals surface area contributed by atoms with E-state index in [2.05, 4.69) is 116 Å². The van der Waals surface area contributed by atoms with Crippen molar-refractivity contribution in [1.82, 2.24) is 0 Å². The zero-order valence-corrected chi connectivity index (χ0v) is 17.3. The first-order valence-corrected chi connectivity index (χ1v) is 10.8. The molecule has 0 bridgehead atoms. The van der Waals surface area contributed by atoms with Gasteiger partial charge in [0.15, 0.2) is 0 Å². The quantitative estimate of drug-likeness (QED) is 0.323. The van der Waals surface area contributed by atoms with Gasteiger partial charge in [-0.05, 0) is 50.9 Å². The summed E-state index contributed by atoms with van der Waals surface area (Å²) in [5.41, 5.74) is 11.8. The molecule has 0 unspecified atom stereocenters. The van der Waals surface area contributed by atoms with Crippen molar-refractivity contribution in [3.8, 4) is 33.4 Å². The van der Waals surface area contributed by atoms with Crippen molar-refractivity contribution in [3.63, 3.8) is 0 Å². The molecule has 0 saturated carbocycles. The van der Waals surface area contributed by atoms with E-state index in [0.29, 0.717) is 0 Å². The topological polar surface area (TPSA) is 0 Å². The summed E-state index contributed by atoms with van der Waals surface area (Å²) in [4.78, 5) is 0. The first-order valence-electron chi connectivity index (χ1n) is 10.8. The van der Waals surface area contributed by atoms with E-state index in [1.807, 2.05) is 0 Å². The van der Waals surface area contributed by atoms with E-state index in [1.54, 1.807) is 0 Å². The van der Waals surface area contributed by atoms with Gasteiger partial charge in [0.05, 0.1) is 0 Å². The highest BCUT2D eigenvalue weighted by atomic mass is 14.3. The second-order valence-electron chi connectivity index (χ2n) is 7.88. The van der Waals surface area contributed by atoms with Crippen molar-refractivity contribution < 1.29 is 0 Å². The number of allylic oxidation sites excluding steroid dienone is 1. The fourth-order valence-corrected chi connectivity index (χ4v) is 4.50. The number of fused-ring (bicyclic) bond motifs is 1. The molecule has 0 N–H and O–H groups in total. The molecule has 0 heterocycles. The molecule has 0 nitrogen and oxygen atoms in total. The third kappa shape index (κ3) is 3.39. The second kappa shape index (κ2) is 8.16. The number of benzene rings is 4. The fourth-order valence-electron chi connectivity index (χ4n) is 4.50. The van der Waals surface area contributed by atoms with Crippen LogP contribution in [0.4, 0.5) is 0 Å². The lowest BCUT2D eigenvalue weighted by atomic mass is 9.85. The van der Waals surface area contributed by atoms with Gasteiger partial charge in [-0.2, -0.15) is 0 Å². The van der Waals surface area contributed by atoms with Gasteiger partial charge in [-0.25, -0.2) is 0 Å². The van der Waals surface area contributed by atoms with Crippen LogP contribution in [0, 0.1) is 6.42 Å². The van der Waals surface area contributed by atoms with Crippen LogP contribution in [-0.2, 0) is 0 Å². The molecule has 145 valence electrons. The van der Waals surface area contributed by atoms with E-state index < -0.39 is 0 Å². The molecule has 4 aromatic carbocycles. The van der Waals surface area contributed by atoms with Crippen molar-refractivity contribution in [3.05, 3.63) is 120 Å². The molecule has 1 radical (unpaired) electrons. The molecule has 30 heavy (non-hydrogen) atoms. The summed E-state index contributed by atoms with van der Waals surface area (Å²) in [5.74, 6) is 0. The molecule has 5 rings (SSSR count). The first-order chi connectivity index (χ1) is 14.8. The lowest BCUT2D eigenvalue weighted by Gasteiger charge is -2.18. The Morgan fingerprint density at radius 3 is 1.83 bits per heavy atom. The van der Waals surface area contributed by atoms with Crippen LogP contribution in [0.15, 0.2) is 103 Å². The monoisotopic (exact) mass is 385 g/mol. The highest BCUT2D eigenvalue weighted by Gasteiger charge is 2.22. The third-order valence-corrected chi connectivity index (χ3v) is 5.85. The van der Waals surface area contributed by atoms with Crippen LogP contribution >= 0.6 is 0 Å². The molecule has 0 heteroatoms. The molecular weight excluding hydrogens is 360 g/mol. The molecule has 0 saturated heterocycles. The number of hydrogen-bond acceptors (Lipinski definition) is 0. The van der Waals surface area contributed by atoms with Gasteiger partial charge in [-0.3, -0.25) is 0 Å². The maximum atomic E-state index is 2.41. The van der Waals surface area contributed by atoms with Crippen LogP contribution < -0.4 is 0 Å². The maximum Gasteiger partial charge on any atom is 0.0164 e. The maximum absolute atomic E-state index is 2.41. The van der Waals surface area contributed by atoms with Crippen molar-refractivity contribution in [2.45, 2.75) is 19.8 Å². The second-order valence-corrected chi connectivity index (χ2v) is 7.88. The van der Waals surface area contributed by atoms with E-state index in [-0.39, 0.29) is 0 Å². The van der Waals surface area contributed by atoms with Gasteiger partial charge in [0, 0.05) is 6.42 Å². The van der Waals surface area contributed by atoms with Gasteiger partial charge < -0.3 is 0 Å². The minimum atomic E-state index is 1.12. The highest BCUT2D eigenvalue weighted by molar-refractivity contribution is 5.98. The van der Waals surface area contributed by atoms with Gasteiger partial charge in [0.25, 0.3) is 0 Å². The summed E-state index contributed by atoms with van der Waals surface area (Å²) in [7, 11) is 0. The predicted octanol–water partition coefficient (Wildman–Crippen LogP) is 8.44. The number of rotatable bonds is 5. The molecule has 0 atom stereocenters. The van der Waals surface area contributed by atoms with Crippen LogP contribution in [0.1, 0.15) is 30.9 Å². The third-order valence-electron chi connectivity index (χ3n) is 5.85. The molecule has 0 spiro atoms. The Hall–Kier alpha value is -3.38. The summed E-state index contributed by atoms with van der Waals surface area (Å²) in [5, 5.41) is 0. The standard InChI is InChI=1S/C30H25/c1-2-11-22-20-25-18-19-27(24-14-7-4-8-15-24)30(29(25)21-22)28-17-10-9-16-26(28)23-12-5-3-6-13-23/h3-10,12-21H,2,11H2,1H3. The Balaban J connectivity index is 1.80. The highest BCUT2D eigenvalue weighted by Crippen LogP contribution is 2.45. The van der Waals surface area contributed by atoms with Gasteiger partial charge in [0.1, 0.15) is 0 Å². The number of hydrogen-bond donors (Lipinski definition) is 0. The SMILES string of the molecule is CCCC1=Cc2c(ccc(-c3ccccc3)c2-c2ccccc2-c2ccccc2)[CH]1. The van der Waals surface area contributed by atoms with Crippen molar-refractivity contribution in [2.24, 2.45) is 0 Å². The Bertz CT molecular complexity index is 1200. The smallest absolute Gasteiger partial charge is 0.0164 e.